The van der Waals surface area contributed by atoms with E-state index in [9.17, 15) is 4.21 Å². The van der Waals surface area contributed by atoms with Gasteiger partial charge in [-0.25, -0.2) is 19.0 Å². The maximum Gasteiger partial charge on any atom is 0.222 e. The summed E-state index contributed by atoms with van der Waals surface area (Å²) in [5.74, 6) is 0. The summed E-state index contributed by atoms with van der Waals surface area (Å²) in [6.45, 7) is 0. The van der Waals surface area contributed by atoms with E-state index in [1.54, 1.807) is 0 Å². The van der Waals surface area contributed by atoms with E-state index < -0.39 is 9.73 Å². The van der Waals surface area contributed by atoms with Crippen molar-refractivity contribution in [2.75, 3.05) is 6.26 Å². The highest BCUT2D eigenvalue weighted by Crippen LogP contribution is 2.07. The van der Waals surface area contributed by atoms with Crippen LogP contribution < -0.4 is 0 Å². The summed E-state index contributed by atoms with van der Waals surface area (Å²) in [7, 11) is -2.70. The van der Waals surface area contributed by atoms with Gasteiger partial charge < -0.3 is 0 Å². The average molecular weight is 192 g/mol. The maximum absolute atomic E-state index is 11.0. The number of nitrogens with zero attached hydrogens (tertiary/aromatic N) is 2. The lowest BCUT2D eigenvalue weighted by atomic mass is 10.7. The molecule has 1 aromatic heterocycles. The van der Waals surface area contributed by atoms with Gasteiger partial charge in [0.25, 0.3) is 0 Å². The molecule has 0 amide bonds. The highest BCUT2D eigenvalue weighted by Gasteiger charge is 2.02. The van der Waals surface area contributed by atoms with Crippen molar-refractivity contribution in [2.45, 2.75) is 4.90 Å². The second kappa shape index (κ2) is 2.75. The van der Waals surface area contributed by atoms with Crippen molar-refractivity contribution in [3.8, 4) is 0 Å². The van der Waals surface area contributed by atoms with Crippen molar-refractivity contribution >= 4 is 21.3 Å². The highest BCUT2D eigenvalue weighted by molar-refractivity contribution is 7.91. The molecule has 0 aliphatic rings. The highest BCUT2D eigenvalue weighted by atomic mass is 35.5. The van der Waals surface area contributed by atoms with Crippen molar-refractivity contribution in [1.82, 2.24) is 9.97 Å². The summed E-state index contributed by atoms with van der Waals surface area (Å²) in [5.41, 5.74) is 0. The molecule has 1 atom stereocenters. The fraction of sp³-hybridized carbons (Fsp3) is 0.200. The van der Waals surface area contributed by atoms with Gasteiger partial charge in [0.1, 0.15) is 0 Å². The topological polar surface area (TPSA) is 66.7 Å². The molecular weight excluding hydrogens is 186 g/mol. The molecule has 1 rings (SSSR count). The summed E-state index contributed by atoms with van der Waals surface area (Å²) in [6.07, 6.45) is 3.90. The molecule has 0 aliphatic carbocycles. The van der Waals surface area contributed by atoms with Crippen LogP contribution in [0.1, 0.15) is 0 Å². The number of halogens is 1. The van der Waals surface area contributed by atoms with Gasteiger partial charge in [0.05, 0.1) is 14.6 Å². The van der Waals surface area contributed by atoms with Gasteiger partial charge in [-0.3, -0.25) is 0 Å². The molecule has 0 saturated carbocycles. The van der Waals surface area contributed by atoms with E-state index in [-0.39, 0.29) is 5.28 Å². The standard InChI is InChI=1S/C5H6ClN3OS/c1-11(7,10)4-2-8-5(6)9-3-4/h2-3,7H,1H3. The largest absolute Gasteiger partial charge is 0.249 e. The van der Waals surface area contributed by atoms with Crippen LogP contribution in [0.5, 0.6) is 0 Å². The zero-order chi connectivity index (χ0) is 8.48. The maximum atomic E-state index is 11.0. The van der Waals surface area contributed by atoms with Gasteiger partial charge in [0.15, 0.2) is 0 Å². The smallest absolute Gasteiger partial charge is 0.222 e. The molecule has 0 fully saturated rings. The van der Waals surface area contributed by atoms with E-state index in [0.29, 0.717) is 4.90 Å². The normalized spacial score (nSPS) is 15.8. The van der Waals surface area contributed by atoms with Crippen LogP contribution in [0.3, 0.4) is 0 Å². The van der Waals surface area contributed by atoms with Crippen LogP contribution in [0.15, 0.2) is 17.3 Å². The first-order chi connectivity index (χ1) is 5.00. The first-order valence-corrected chi connectivity index (χ1v) is 5.06. The number of aromatic nitrogens is 2. The first kappa shape index (κ1) is 8.42. The van der Waals surface area contributed by atoms with Gasteiger partial charge >= 0.3 is 0 Å². The molecule has 0 aliphatic heterocycles. The molecule has 60 valence electrons. The molecule has 11 heavy (non-hydrogen) atoms. The van der Waals surface area contributed by atoms with Gasteiger partial charge in [-0.1, -0.05) is 0 Å². The van der Waals surface area contributed by atoms with Crippen molar-refractivity contribution in [2.24, 2.45) is 0 Å². The minimum atomic E-state index is -2.70. The fourth-order valence-corrected chi connectivity index (χ4v) is 1.11. The Morgan fingerprint density at radius 1 is 1.55 bits per heavy atom. The minimum Gasteiger partial charge on any atom is -0.249 e. The number of hydrogen-bond acceptors (Lipinski definition) is 4. The first-order valence-electron chi connectivity index (χ1n) is 2.71. The van der Waals surface area contributed by atoms with Gasteiger partial charge in [0.2, 0.25) is 5.28 Å². The molecular formula is C5H6ClN3OS. The molecule has 0 radical (unpaired) electrons. The fourth-order valence-electron chi connectivity index (χ4n) is 0.502. The molecule has 4 nitrogen and oxygen atoms in total. The third-order valence-electron chi connectivity index (χ3n) is 1.05. The summed E-state index contributed by atoms with van der Waals surface area (Å²) in [6, 6.07) is 0. The Kier molecular flexibility index (Phi) is 2.10. The van der Waals surface area contributed by atoms with Crippen LogP contribution in [0.25, 0.3) is 0 Å². The summed E-state index contributed by atoms with van der Waals surface area (Å²) < 4.78 is 18.2. The van der Waals surface area contributed by atoms with E-state index in [2.05, 4.69) is 9.97 Å². The van der Waals surface area contributed by atoms with Crippen molar-refractivity contribution in [3.05, 3.63) is 17.7 Å². The zero-order valence-corrected chi connectivity index (χ0v) is 7.32. The summed E-state index contributed by atoms with van der Waals surface area (Å²) in [4.78, 5) is 7.49. The van der Waals surface area contributed by atoms with Gasteiger partial charge in [-0.15, -0.1) is 0 Å². The van der Waals surface area contributed by atoms with E-state index in [4.69, 9.17) is 16.4 Å². The molecule has 1 heterocycles. The van der Waals surface area contributed by atoms with Crippen molar-refractivity contribution < 1.29 is 4.21 Å². The number of rotatable bonds is 1. The molecule has 6 heteroatoms. The van der Waals surface area contributed by atoms with Crippen LogP contribution in [-0.4, -0.2) is 20.4 Å². The molecule has 0 spiro atoms. The quantitative estimate of drug-likeness (QED) is 0.678. The lowest BCUT2D eigenvalue weighted by Gasteiger charge is -1.97. The third kappa shape index (κ3) is 2.13. The van der Waals surface area contributed by atoms with E-state index in [1.165, 1.54) is 18.6 Å². The summed E-state index contributed by atoms with van der Waals surface area (Å²) in [5, 5.41) is 0.0948. The number of hydrogen-bond donors (Lipinski definition) is 1. The van der Waals surface area contributed by atoms with Gasteiger partial charge in [-0.05, 0) is 11.6 Å². The Balaban J connectivity index is 3.20. The molecule has 1 unspecified atom stereocenters. The van der Waals surface area contributed by atoms with E-state index in [1.807, 2.05) is 0 Å². The third-order valence-corrected chi connectivity index (χ3v) is 2.35. The van der Waals surface area contributed by atoms with Crippen molar-refractivity contribution in [1.29, 1.82) is 4.78 Å². The van der Waals surface area contributed by atoms with Gasteiger partial charge in [-0.2, -0.15) is 0 Å². The second-order valence-electron chi connectivity index (χ2n) is 2.03. The Labute approximate surface area is 69.6 Å². The SMILES string of the molecule is CS(=N)(=O)c1cnc(Cl)nc1. The summed E-state index contributed by atoms with van der Waals surface area (Å²) >= 11 is 5.39. The monoisotopic (exact) mass is 191 g/mol. The molecule has 0 aromatic carbocycles. The average Bonchev–Trinajstić information content (AvgIpc) is 1.86. The minimum absolute atomic E-state index is 0.0948. The van der Waals surface area contributed by atoms with Crippen molar-refractivity contribution in [3.63, 3.8) is 0 Å². The molecule has 1 aromatic rings. The molecule has 0 saturated heterocycles. The van der Waals surface area contributed by atoms with Crippen LogP contribution in [0.4, 0.5) is 0 Å². The van der Waals surface area contributed by atoms with E-state index >= 15 is 0 Å². The lowest BCUT2D eigenvalue weighted by molar-refractivity contribution is 0.678. The lowest BCUT2D eigenvalue weighted by Crippen LogP contribution is -1.96. The Hall–Kier alpha value is -0.680. The van der Waals surface area contributed by atoms with Crippen LogP contribution in [0, 0.1) is 4.78 Å². The zero-order valence-electron chi connectivity index (χ0n) is 5.74. The Morgan fingerprint density at radius 3 is 2.36 bits per heavy atom. The van der Waals surface area contributed by atoms with Crippen LogP contribution in [0.2, 0.25) is 5.28 Å². The van der Waals surface area contributed by atoms with E-state index in [0.717, 1.165) is 0 Å². The Bertz CT molecular complexity index is 344. The van der Waals surface area contributed by atoms with Crippen LogP contribution >= 0.6 is 11.6 Å². The van der Waals surface area contributed by atoms with Gasteiger partial charge in [0, 0.05) is 18.6 Å². The van der Waals surface area contributed by atoms with Crippen LogP contribution in [-0.2, 0) is 9.73 Å². The second-order valence-corrected chi connectivity index (χ2v) is 4.53. The predicted molar refractivity (Wildman–Crippen MR) is 42.1 cm³/mol. The number of nitrogens with one attached hydrogen (secondary N) is 1. The Morgan fingerprint density at radius 2 is 2.00 bits per heavy atom. The molecule has 0 bridgehead atoms. The molecule has 1 N–H and O–H groups in total. The predicted octanol–water partition coefficient (Wildman–Crippen LogP) is 1.17.